The van der Waals surface area contributed by atoms with E-state index in [0.29, 0.717) is 11.8 Å². The summed E-state index contributed by atoms with van der Waals surface area (Å²) in [5.41, 5.74) is 2.28. The molecule has 0 bridgehead atoms. The van der Waals surface area contributed by atoms with Crippen molar-refractivity contribution in [2.75, 3.05) is 0 Å². The number of Topliss-reactive ketones (excluding diaryl/α,β-unsaturated/α-hetero) is 2. The van der Waals surface area contributed by atoms with E-state index in [9.17, 15) is 9.59 Å². The number of carbonyl (C=O) groups is 2. The third-order valence-electron chi connectivity index (χ3n) is 8.70. The molecule has 2 aliphatic carbocycles. The fraction of sp³-hybridized carbons (Fsp3) is 0.562. The summed E-state index contributed by atoms with van der Waals surface area (Å²) in [6.07, 6.45) is 5.67. The van der Waals surface area contributed by atoms with Crippen LogP contribution < -0.4 is 0 Å². The molecule has 35 heavy (non-hydrogen) atoms. The van der Waals surface area contributed by atoms with E-state index < -0.39 is 0 Å². The number of ketones is 2. The molecule has 3 nitrogen and oxygen atoms in total. The number of benzene rings is 2. The fourth-order valence-electron chi connectivity index (χ4n) is 6.83. The van der Waals surface area contributed by atoms with Gasteiger partial charge in [-0.2, -0.15) is 0 Å². The smallest absolute Gasteiger partial charge is 0.133 e. The van der Waals surface area contributed by atoms with Crippen molar-refractivity contribution in [1.82, 2.24) is 0 Å². The van der Waals surface area contributed by atoms with Crippen molar-refractivity contribution in [3.05, 3.63) is 71.8 Å². The third kappa shape index (κ3) is 6.12. The van der Waals surface area contributed by atoms with Crippen molar-refractivity contribution in [1.29, 1.82) is 0 Å². The summed E-state index contributed by atoms with van der Waals surface area (Å²) in [7, 11) is 0. The Kier molecular flexibility index (Phi) is 8.59. The number of rotatable bonds is 8. The minimum Gasteiger partial charge on any atom is -0.365 e. The number of hydrogen-bond donors (Lipinski definition) is 0. The minimum absolute atomic E-state index is 0.0155. The molecule has 0 radical (unpaired) electrons. The van der Waals surface area contributed by atoms with E-state index in [1.165, 1.54) is 0 Å². The number of carbonyl (C=O) groups excluding carboxylic acids is 2. The molecule has 188 valence electrons. The lowest BCUT2D eigenvalue weighted by Gasteiger charge is -2.44. The highest BCUT2D eigenvalue weighted by Crippen LogP contribution is 2.49. The zero-order chi connectivity index (χ0) is 24.9. The summed E-state index contributed by atoms with van der Waals surface area (Å²) in [6, 6.07) is 20.9. The van der Waals surface area contributed by atoms with Crippen LogP contribution in [0.5, 0.6) is 0 Å². The van der Waals surface area contributed by atoms with Crippen LogP contribution in [0.1, 0.15) is 89.6 Å². The number of hydrogen-bond acceptors (Lipinski definition) is 3. The number of ether oxygens (including phenoxy) is 1. The Morgan fingerprint density at radius 3 is 1.37 bits per heavy atom. The van der Waals surface area contributed by atoms with E-state index >= 15 is 0 Å². The lowest BCUT2D eigenvalue weighted by molar-refractivity contribution is -0.142. The normalized spacial score (nSPS) is 30.9. The summed E-state index contributed by atoms with van der Waals surface area (Å²) in [4.78, 5) is 25.6. The predicted molar refractivity (Wildman–Crippen MR) is 141 cm³/mol. The van der Waals surface area contributed by atoms with Crippen LogP contribution in [0.25, 0.3) is 0 Å². The molecule has 0 amide bonds. The monoisotopic (exact) mass is 474 g/mol. The highest BCUT2D eigenvalue weighted by molar-refractivity contribution is 5.79. The van der Waals surface area contributed by atoms with E-state index in [4.69, 9.17) is 4.74 Å². The van der Waals surface area contributed by atoms with Gasteiger partial charge in [-0.25, -0.2) is 0 Å². The van der Waals surface area contributed by atoms with Crippen LogP contribution in [-0.2, 0) is 14.3 Å². The van der Waals surface area contributed by atoms with Gasteiger partial charge >= 0.3 is 0 Å². The van der Waals surface area contributed by atoms with Crippen LogP contribution in [0, 0.1) is 35.5 Å². The van der Waals surface area contributed by atoms with E-state index in [1.54, 1.807) is 13.8 Å². The summed E-state index contributed by atoms with van der Waals surface area (Å²) in [5, 5.41) is 0. The van der Waals surface area contributed by atoms with Gasteiger partial charge in [-0.3, -0.25) is 9.59 Å². The summed E-state index contributed by atoms with van der Waals surface area (Å²) in [5.74, 6) is 2.00. The Morgan fingerprint density at radius 2 is 1.03 bits per heavy atom. The van der Waals surface area contributed by atoms with Gasteiger partial charge in [-0.15, -0.1) is 0 Å². The van der Waals surface area contributed by atoms with Crippen LogP contribution in [0.3, 0.4) is 0 Å². The molecule has 0 N–H and O–H groups in total. The van der Waals surface area contributed by atoms with Gasteiger partial charge in [-0.05, 0) is 87.2 Å². The molecule has 0 spiro atoms. The SMILES string of the molecule is CC(=O)C1CCC(C)CC1C(OC(c1ccccc1)[C@@H]1C[C@H](C)CC[C@@H]1C(C)=O)c1ccccc1. The average Bonchev–Trinajstić information content (AvgIpc) is 2.85. The molecule has 0 saturated heterocycles. The summed E-state index contributed by atoms with van der Waals surface area (Å²) < 4.78 is 7.25. The molecule has 3 heteroatoms. The second-order valence-corrected chi connectivity index (χ2v) is 11.4. The molecule has 0 aliphatic heterocycles. The molecule has 2 aliphatic rings. The van der Waals surface area contributed by atoms with Crippen LogP contribution in [-0.4, -0.2) is 11.6 Å². The minimum atomic E-state index is -0.178. The Morgan fingerprint density at radius 1 is 0.657 bits per heavy atom. The van der Waals surface area contributed by atoms with Crippen molar-refractivity contribution in [2.45, 2.75) is 78.4 Å². The maximum Gasteiger partial charge on any atom is 0.133 e. The Hall–Kier alpha value is -2.26. The lowest BCUT2D eigenvalue weighted by Crippen LogP contribution is -2.38. The Balaban J connectivity index is 1.77. The maximum atomic E-state index is 12.8. The second kappa shape index (κ2) is 11.6. The van der Waals surface area contributed by atoms with Crippen LogP contribution in [0.15, 0.2) is 60.7 Å². The Bertz CT molecular complexity index is 889. The van der Waals surface area contributed by atoms with E-state index in [-0.39, 0.29) is 47.4 Å². The average molecular weight is 475 g/mol. The van der Waals surface area contributed by atoms with Gasteiger partial charge in [0.15, 0.2) is 0 Å². The van der Waals surface area contributed by atoms with Gasteiger partial charge in [-0.1, -0.05) is 74.5 Å². The van der Waals surface area contributed by atoms with E-state index in [1.807, 2.05) is 12.1 Å². The van der Waals surface area contributed by atoms with Crippen molar-refractivity contribution < 1.29 is 14.3 Å². The zero-order valence-electron chi connectivity index (χ0n) is 21.9. The van der Waals surface area contributed by atoms with E-state index in [2.05, 4.69) is 62.4 Å². The van der Waals surface area contributed by atoms with Crippen LogP contribution >= 0.6 is 0 Å². The standard InChI is InChI=1S/C32H42O3/c1-21-15-17-27(23(3)33)29(19-21)31(25-11-7-5-8-12-25)35-32(26-13-9-6-10-14-26)30-20-22(2)16-18-28(30)24(4)34/h5-14,21-22,27-32H,15-20H2,1-4H3/t21-,22?,27-,28?,29-,30?,31?,32?/m1/s1. The van der Waals surface area contributed by atoms with Crippen LogP contribution in [0.4, 0.5) is 0 Å². The van der Waals surface area contributed by atoms with Gasteiger partial charge in [0, 0.05) is 11.8 Å². The van der Waals surface area contributed by atoms with Gasteiger partial charge in [0.2, 0.25) is 0 Å². The first-order valence-electron chi connectivity index (χ1n) is 13.6. The fourth-order valence-corrected chi connectivity index (χ4v) is 6.83. The molecule has 4 rings (SSSR count). The quantitative estimate of drug-likeness (QED) is 0.392. The maximum absolute atomic E-state index is 12.8. The van der Waals surface area contributed by atoms with Crippen molar-refractivity contribution in [2.24, 2.45) is 35.5 Å². The van der Waals surface area contributed by atoms with Gasteiger partial charge < -0.3 is 4.74 Å². The van der Waals surface area contributed by atoms with Crippen molar-refractivity contribution in [3.8, 4) is 0 Å². The van der Waals surface area contributed by atoms with Crippen molar-refractivity contribution in [3.63, 3.8) is 0 Å². The molecule has 8 atom stereocenters. The zero-order valence-corrected chi connectivity index (χ0v) is 21.9. The highest BCUT2D eigenvalue weighted by atomic mass is 16.5. The largest absolute Gasteiger partial charge is 0.365 e. The third-order valence-corrected chi connectivity index (χ3v) is 8.70. The van der Waals surface area contributed by atoms with Crippen LogP contribution in [0.2, 0.25) is 0 Å². The molecule has 2 aromatic carbocycles. The second-order valence-electron chi connectivity index (χ2n) is 11.4. The van der Waals surface area contributed by atoms with Gasteiger partial charge in [0.1, 0.15) is 11.6 Å². The molecular formula is C32H42O3. The molecular weight excluding hydrogens is 432 g/mol. The first-order valence-corrected chi connectivity index (χ1v) is 13.6. The van der Waals surface area contributed by atoms with Gasteiger partial charge in [0.05, 0.1) is 12.2 Å². The molecule has 2 aromatic rings. The molecule has 2 saturated carbocycles. The molecule has 0 heterocycles. The van der Waals surface area contributed by atoms with Gasteiger partial charge in [0.25, 0.3) is 0 Å². The summed E-state index contributed by atoms with van der Waals surface area (Å²) >= 11 is 0. The first kappa shape index (κ1) is 25.8. The van der Waals surface area contributed by atoms with Crippen molar-refractivity contribution >= 4 is 11.6 Å². The topological polar surface area (TPSA) is 43.4 Å². The lowest BCUT2D eigenvalue weighted by atomic mass is 9.68. The first-order chi connectivity index (χ1) is 16.8. The Labute approximate surface area is 211 Å². The van der Waals surface area contributed by atoms with E-state index in [0.717, 1.165) is 49.7 Å². The highest BCUT2D eigenvalue weighted by Gasteiger charge is 2.43. The summed E-state index contributed by atoms with van der Waals surface area (Å²) in [6.45, 7) is 8.10. The molecule has 5 unspecified atom stereocenters. The molecule has 2 fully saturated rings. The molecule has 0 aromatic heterocycles. The predicted octanol–water partition coefficient (Wildman–Crippen LogP) is 7.77.